The van der Waals surface area contributed by atoms with Crippen LogP contribution >= 0.6 is 11.6 Å². The Labute approximate surface area is 105 Å². The molecule has 17 heavy (non-hydrogen) atoms. The SMILES string of the molecule is CC(C)CNCCCn1cc(Cl)c(=O)[nH]c1=O. The van der Waals surface area contributed by atoms with E-state index in [9.17, 15) is 9.59 Å². The third-order valence-electron chi connectivity index (χ3n) is 2.27. The Morgan fingerprint density at radius 1 is 1.47 bits per heavy atom. The zero-order chi connectivity index (χ0) is 12.8. The van der Waals surface area contributed by atoms with Crippen LogP contribution in [0.4, 0.5) is 0 Å². The van der Waals surface area contributed by atoms with Crippen LogP contribution < -0.4 is 16.6 Å². The minimum atomic E-state index is -0.536. The highest BCUT2D eigenvalue weighted by molar-refractivity contribution is 6.30. The molecule has 1 aromatic rings. The maximum Gasteiger partial charge on any atom is 0.328 e. The third kappa shape index (κ3) is 4.75. The molecule has 0 unspecified atom stereocenters. The molecule has 0 radical (unpaired) electrons. The molecule has 0 aliphatic carbocycles. The Morgan fingerprint density at radius 2 is 2.18 bits per heavy atom. The summed E-state index contributed by atoms with van der Waals surface area (Å²) >= 11 is 5.65. The molecule has 0 amide bonds. The second kappa shape index (κ2) is 6.61. The largest absolute Gasteiger partial charge is 0.328 e. The van der Waals surface area contributed by atoms with Gasteiger partial charge in [0.1, 0.15) is 5.02 Å². The molecule has 96 valence electrons. The lowest BCUT2D eigenvalue weighted by atomic mass is 10.2. The van der Waals surface area contributed by atoms with Gasteiger partial charge in [-0.15, -0.1) is 0 Å². The first-order valence-corrected chi connectivity index (χ1v) is 6.08. The molecule has 0 aliphatic rings. The fourth-order valence-corrected chi connectivity index (χ4v) is 1.58. The number of hydrogen-bond acceptors (Lipinski definition) is 3. The summed E-state index contributed by atoms with van der Waals surface area (Å²) in [4.78, 5) is 24.6. The van der Waals surface area contributed by atoms with Crippen LogP contribution in [0, 0.1) is 5.92 Å². The van der Waals surface area contributed by atoms with Crippen molar-refractivity contribution < 1.29 is 0 Å². The predicted molar refractivity (Wildman–Crippen MR) is 68.7 cm³/mol. The molecule has 5 nitrogen and oxygen atoms in total. The fraction of sp³-hybridized carbons (Fsp3) is 0.636. The van der Waals surface area contributed by atoms with E-state index in [1.54, 1.807) is 0 Å². The van der Waals surface area contributed by atoms with E-state index >= 15 is 0 Å². The maximum absolute atomic E-state index is 11.4. The molecule has 1 aromatic heterocycles. The minimum Gasteiger partial charge on any atom is -0.316 e. The Hall–Kier alpha value is -1.07. The van der Waals surface area contributed by atoms with Gasteiger partial charge in [-0.1, -0.05) is 25.4 Å². The molecule has 1 rings (SSSR count). The van der Waals surface area contributed by atoms with Crippen LogP contribution in [0.1, 0.15) is 20.3 Å². The Kier molecular flexibility index (Phi) is 5.44. The third-order valence-corrected chi connectivity index (χ3v) is 2.54. The van der Waals surface area contributed by atoms with E-state index in [1.165, 1.54) is 10.8 Å². The first kappa shape index (κ1) is 14.0. The number of aromatic amines is 1. The number of nitrogens with zero attached hydrogens (tertiary/aromatic N) is 1. The number of H-pyrrole nitrogens is 1. The van der Waals surface area contributed by atoms with Crippen molar-refractivity contribution in [2.24, 2.45) is 5.92 Å². The van der Waals surface area contributed by atoms with Gasteiger partial charge in [0, 0.05) is 12.7 Å². The molecule has 0 aromatic carbocycles. The quantitative estimate of drug-likeness (QED) is 0.744. The summed E-state index contributed by atoms with van der Waals surface area (Å²) in [6.45, 7) is 6.61. The van der Waals surface area contributed by atoms with Crippen LogP contribution in [0.25, 0.3) is 0 Å². The normalized spacial score (nSPS) is 11.1. The number of halogens is 1. The average Bonchev–Trinajstić information content (AvgIpc) is 2.24. The number of hydrogen-bond donors (Lipinski definition) is 2. The minimum absolute atomic E-state index is 0.0414. The van der Waals surface area contributed by atoms with Crippen LogP contribution in [-0.2, 0) is 6.54 Å². The van der Waals surface area contributed by atoms with E-state index < -0.39 is 11.2 Å². The van der Waals surface area contributed by atoms with Crippen LogP contribution in [0.3, 0.4) is 0 Å². The van der Waals surface area contributed by atoms with Gasteiger partial charge in [0.2, 0.25) is 0 Å². The van der Waals surface area contributed by atoms with Crippen molar-refractivity contribution in [1.29, 1.82) is 0 Å². The van der Waals surface area contributed by atoms with Gasteiger partial charge in [0.15, 0.2) is 0 Å². The summed E-state index contributed by atoms with van der Waals surface area (Å²) in [7, 11) is 0. The van der Waals surface area contributed by atoms with Gasteiger partial charge in [-0.05, 0) is 25.4 Å². The molecule has 0 atom stereocenters. The average molecular weight is 260 g/mol. The number of nitrogens with one attached hydrogen (secondary N) is 2. The van der Waals surface area contributed by atoms with Gasteiger partial charge in [-0.2, -0.15) is 0 Å². The molecule has 0 saturated heterocycles. The molecule has 6 heteroatoms. The monoisotopic (exact) mass is 259 g/mol. The standard InChI is InChI=1S/C11H18ClN3O2/c1-8(2)6-13-4-3-5-15-7-9(12)10(16)14-11(15)17/h7-8,13H,3-6H2,1-2H3,(H,14,16,17). The topological polar surface area (TPSA) is 66.9 Å². The zero-order valence-corrected chi connectivity index (χ0v) is 10.9. The van der Waals surface area contributed by atoms with Gasteiger partial charge in [0.25, 0.3) is 5.56 Å². The summed E-state index contributed by atoms with van der Waals surface area (Å²) in [5.74, 6) is 0.611. The van der Waals surface area contributed by atoms with Crippen LogP contribution in [0.15, 0.2) is 15.8 Å². The van der Waals surface area contributed by atoms with Crippen molar-refractivity contribution in [3.05, 3.63) is 32.1 Å². The van der Waals surface area contributed by atoms with E-state index in [0.717, 1.165) is 19.5 Å². The first-order valence-electron chi connectivity index (χ1n) is 5.70. The summed E-state index contributed by atoms with van der Waals surface area (Å²) in [5.41, 5.74) is -0.950. The molecule has 0 aliphatic heterocycles. The molecule has 0 spiro atoms. The highest BCUT2D eigenvalue weighted by Crippen LogP contribution is 1.96. The van der Waals surface area contributed by atoms with Gasteiger partial charge < -0.3 is 5.32 Å². The Bertz CT molecular complexity index is 465. The highest BCUT2D eigenvalue weighted by atomic mass is 35.5. The summed E-state index contributed by atoms with van der Waals surface area (Å²) in [6, 6.07) is 0. The summed E-state index contributed by atoms with van der Waals surface area (Å²) < 4.78 is 1.42. The second-order valence-electron chi connectivity index (χ2n) is 4.38. The lowest BCUT2D eigenvalue weighted by molar-refractivity contribution is 0.514. The van der Waals surface area contributed by atoms with Crippen molar-refractivity contribution >= 4 is 11.6 Å². The van der Waals surface area contributed by atoms with Crippen molar-refractivity contribution in [3.63, 3.8) is 0 Å². The van der Waals surface area contributed by atoms with E-state index in [4.69, 9.17) is 11.6 Å². The van der Waals surface area contributed by atoms with Crippen molar-refractivity contribution in [2.75, 3.05) is 13.1 Å². The van der Waals surface area contributed by atoms with E-state index in [0.29, 0.717) is 12.5 Å². The molecular formula is C11H18ClN3O2. The van der Waals surface area contributed by atoms with Gasteiger partial charge >= 0.3 is 5.69 Å². The number of aryl methyl sites for hydroxylation is 1. The van der Waals surface area contributed by atoms with Crippen molar-refractivity contribution in [1.82, 2.24) is 14.9 Å². The highest BCUT2D eigenvalue weighted by Gasteiger charge is 2.01. The maximum atomic E-state index is 11.4. The number of aromatic nitrogens is 2. The first-order chi connectivity index (χ1) is 8.00. The second-order valence-corrected chi connectivity index (χ2v) is 4.79. The fourth-order valence-electron chi connectivity index (χ4n) is 1.41. The predicted octanol–water partition coefficient (Wildman–Crippen LogP) is 0.826. The Morgan fingerprint density at radius 3 is 2.82 bits per heavy atom. The summed E-state index contributed by atoms with van der Waals surface area (Å²) in [5, 5.41) is 3.32. The van der Waals surface area contributed by atoms with Crippen LogP contribution in [0.2, 0.25) is 5.02 Å². The van der Waals surface area contributed by atoms with E-state index in [-0.39, 0.29) is 5.02 Å². The molecule has 2 N–H and O–H groups in total. The smallest absolute Gasteiger partial charge is 0.316 e. The van der Waals surface area contributed by atoms with Crippen LogP contribution in [0.5, 0.6) is 0 Å². The lowest BCUT2D eigenvalue weighted by Crippen LogP contribution is -2.31. The van der Waals surface area contributed by atoms with E-state index in [2.05, 4.69) is 24.1 Å². The van der Waals surface area contributed by atoms with Gasteiger partial charge in [0.05, 0.1) is 0 Å². The zero-order valence-electron chi connectivity index (χ0n) is 10.1. The van der Waals surface area contributed by atoms with Gasteiger partial charge in [-0.25, -0.2) is 4.79 Å². The molecule has 0 bridgehead atoms. The number of rotatable bonds is 6. The molecule has 0 fully saturated rings. The Balaban J connectivity index is 2.45. The lowest BCUT2D eigenvalue weighted by Gasteiger charge is -2.08. The van der Waals surface area contributed by atoms with Gasteiger partial charge in [-0.3, -0.25) is 14.3 Å². The molecular weight excluding hydrogens is 242 g/mol. The molecule has 1 heterocycles. The summed E-state index contributed by atoms with van der Waals surface area (Å²) in [6.07, 6.45) is 2.19. The van der Waals surface area contributed by atoms with Crippen molar-refractivity contribution in [2.45, 2.75) is 26.8 Å². The van der Waals surface area contributed by atoms with E-state index in [1.807, 2.05) is 0 Å². The molecule has 0 saturated carbocycles. The van der Waals surface area contributed by atoms with Crippen molar-refractivity contribution in [3.8, 4) is 0 Å². The van der Waals surface area contributed by atoms with Crippen LogP contribution in [-0.4, -0.2) is 22.6 Å².